The number of aryl methyl sites for hydroxylation is 1. The fourth-order valence-corrected chi connectivity index (χ4v) is 3.70. The molecule has 2 N–H and O–H groups in total. The third kappa shape index (κ3) is 3.30. The van der Waals surface area contributed by atoms with E-state index in [0.717, 1.165) is 36.2 Å². The molecular weight excluding hydrogens is 278 g/mol. The number of thiophene rings is 1. The Bertz CT molecular complexity index is 510. The van der Waals surface area contributed by atoms with Crippen molar-refractivity contribution >= 4 is 28.3 Å². The van der Waals surface area contributed by atoms with Gasteiger partial charge in [-0.05, 0) is 38.2 Å². The Kier molecular flexibility index (Phi) is 5.00. The summed E-state index contributed by atoms with van der Waals surface area (Å²) in [5.74, 6) is -1.15. The van der Waals surface area contributed by atoms with E-state index in [1.54, 1.807) is 18.3 Å². The first kappa shape index (κ1) is 14.8. The summed E-state index contributed by atoms with van der Waals surface area (Å²) in [6.45, 7) is 2.45. The molecule has 0 atom stereocenters. The number of carboxylic acid groups (broad SMARTS) is 1. The second kappa shape index (κ2) is 6.74. The number of carbonyl (C=O) groups excluding carboxylic acids is 1. The van der Waals surface area contributed by atoms with E-state index in [-0.39, 0.29) is 12.4 Å². The van der Waals surface area contributed by atoms with Gasteiger partial charge in [0.15, 0.2) is 0 Å². The molecule has 1 heterocycles. The third-order valence-electron chi connectivity index (χ3n) is 3.28. The Hall–Kier alpha value is -1.56. The smallest absolute Gasteiger partial charge is 0.341 e. The van der Waals surface area contributed by atoms with E-state index in [1.165, 1.54) is 4.88 Å². The Labute approximate surface area is 121 Å². The highest BCUT2D eigenvalue weighted by molar-refractivity contribution is 7.16. The number of anilines is 1. The molecule has 0 unspecified atom stereocenters. The predicted octanol–water partition coefficient (Wildman–Crippen LogP) is 2.69. The quantitative estimate of drug-likeness (QED) is 0.790. The van der Waals surface area contributed by atoms with Crippen molar-refractivity contribution in [3.8, 4) is 0 Å². The molecule has 0 aromatic carbocycles. The summed E-state index contributed by atoms with van der Waals surface area (Å²) in [6, 6.07) is 0. The SMILES string of the molecule is CCOC(=O)c1c(NCCC(=O)O)sc2c1CCCC2. The molecule has 6 heteroatoms. The van der Waals surface area contributed by atoms with E-state index in [4.69, 9.17) is 9.84 Å². The zero-order valence-corrected chi connectivity index (χ0v) is 12.3. The van der Waals surface area contributed by atoms with Crippen LogP contribution in [-0.4, -0.2) is 30.2 Å². The molecule has 0 amide bonds. The van der Waals surface area contributed by atoms with Gasteiger partial charge in [0.1, 0.15) is 5.00 Å². The van der Waals surface area contributed by atoms with Crippen LogP contribution in [0.15, 0.2) is 0 Å². The lowest BCUT2D eigenvalue weighted by molar-refractivity contribution is -0.136. The Morgan fingerprint density at radius 2 is 2.10 bits per heavy atom. The minimum absolute atomic E-state index is 0.0326. The summed E-state index contributed by atoms with van der Waals surface area (Å²) in [5.41, 5.74) is 1.72. The molecule has 110 valence electrons. The molecule has 0 aliphatic heterocycles. The van der Waals surface area contributed by atoms with Crippen LogP contribution in [0.2, 0.25) is 0 Å². The number of aliphatic carboxylic acids is 1. The van der Waals surface area contributed by atoms with E-state index in [9.17, 15) is 9.59 Å². The number of fused-ring (bicyclic) bond motifs is 1. The van der Waals surface area contributed by atoms with Crippen LogP contribution in [0, 0.1) is 0 Å². The van der Waals surface area contributed by atoms with Crippen LogP contribution in [0.3, 0.4) is 0 Å². The molecule has 0 spiro atoms. The van der Waals surface area contributed by atoms with Crippen LogP contribution in [0.4, 0.5) is 5.00 Å². The van der Waals surface area contributed by atoms with Gasteiger partial charge in [-0.25, -0.2) is 4.79 Å². The van der Waals surface area contributed by atoms with Crippen molar-refractivity contribution < 1.29 is 19.4 Å². The van der Waals surface area contributed by atoms with Gasteiger partial charge in [-0.1, -0.05) is 0 Å². The van der Waals surface area contributed by atoms with E-state index in [1.807, 2.05) is 0 Å². The van der Waals surface area contributed by atoms with Crippen LogP contribution in [-0.2, 0) is 22.4 Å². The molecule has 5 nitrogen and oxygen atoms in total. The third-order valence-corrected chi connectivity index (χ3v) is 4.52. The molecule has 1 aliphatic carbocycles. The summed E-state index contributed by atoms with van der Waals surface area (Å²) >= 11 is 1.56. The summed E-state index contributed by atoms with van der Waals surface area (Å²) in [4.78, 5) is 23.9. The Balaban J connectivity index is 2.22. The maximum atomic E-state index is 12.1. The average Bonchev–Trinajstić information content (AvgIpc) is 2.76. The van der Waals surface area contributed by atoms with Gasteiger partial charge >= 0.3 is 11.9 Å². The number of rotatable bonds is 6. The van der Waals surface area contributed by atoms with Crippen molar-refractivity contribution in [2.45, 2.75) is 39.0 Å². The highest BCUT2D eigenvalue weighted by atomic mass is 32.1. The average molecular weight is 297 g/mol. The summed E-state index contributed by atoms with van der Waals surface area (Å²) in [5, 5.41) is 12.5. The van der Waals surface area contributed by atoms with Crippen molar-refractivity contribution in [3.63, 3.8) is 0 Å². The van der Waals surface area contributed by atoms with E-state index >= 15 is 0 Å². The first-order valence-corrected chi connectivity index (χ1v) is 7.72. The Morgan fingerprint density at radius 1 is 1.35 bits per heavy atom. The van der Waals surface area contributed by atoms with Crippen molar-refractivity contribution in [2.24, 2.45) is 0 Å². The second-order valence-corrected chi connectivity index (χ2v) is 5.81. The number of carbonyl (C=O) groups is 2. The molecule has 1 aromatic rings. The molecule has 20 heavy (non-hydrogen) atoms. The van der Waals surface area contributed by atoms with Gasteiger partial charge in [0.05, 0.1) is 18.6 Å². The number of hydrogen-bond acceptors (Lipinski definition) is 5. The number of hydrogen-bond donors (Lipinski definition) is 2. The normalized spacial score (nSPS) is 13.7. The molecule has 0 saturated heterocycles. The molecule has 2 rings (SSSR count). The number of ether oxygens (including phenoxy) is 1. The lowest BCUT2D eigenvalue weighted by Gasteiger charge is -2.12. The minimum atomic E-state index is -0.850. The number of nitrogens with one attached hydrogen (secondary N) is 1. The van der Waals surface area contributed by atoms with E-state index in [0.29, 0.717) is 18.7 Å². The zero-order valence-electron chi connectivity index (χ0n) is 11.5. The van der Waals surface area contributed by atoms with Crippen LogP contribution < -0.4 is 5.32 Å². The van der Waals surface area contributed by atoms with Gasteiger partial charge in [0.25, 0.3) is 0 Å². The van der Waals surface area contributed by atoms with Gasteiger partial charge in [0, 0.05) is 11.4 Å². The van der Waals surface area contributed by atoms with Gasteiger partial charge < -0.3 is 15.2 Å². The summed E-state index contributed by atoms with van der Waals surface area (Å²) in [7, 11) is 0. The fraction of sp³-hybridized carbons (Fsp3) is 0.571. The van der Waals surface area contributed by atoms with Crippen molar-refractivity contribution in [2.75, 3.05) is 18.5 Å². The predicted molar refractivity (Wildman–Crippen MR) is 77.7 cm³/mol. The topological polar surface area (TPSA) is 75.6 Å². The lowest BCUT2D eigenvalue weighted by atomic mass is 9.95. The van der Waals surface area contributed by atoms with Crippen molar-refractivity contribution in [1.82, 2.24) is 0 Å². The van der Waals surface area contributed by atoms with Crippen LogP contribution in [0.5, 0.6) is 0 Å². The second-order valence-electron chi connectivity index (χ2n) is 4.71. The first-order valence-electron chi connectivity index (χ1n) is 6.90. The largest absolute Gasteiger partial charge is 0.481 e. The van der Waals surface area contributed by atoms with Gasteiger partial charge in [-0.2, -0.15) is 0 Å². The highest BCUT2D eigenvalue weighted by Gasteiger charge is 2.26. The monoisotopic (exact) mass is 297 g/mol. The fourth-order valence-electron chi connectivity index (χ4n) is 2.39. The molecule has 1 aliphatic rings. The molecule has 1 aromatic heterocycles. The van der Waals surface area contributed by atoms with Gasteiger partial charge in [-0.15, -0.1) is 11.3 Å². The van der Waals surface area contributed by atoms with Crippen molar-refractivity contribution in [1.29, 1.82) is 0 Å². The molecule has 0 fully saturated rings. The molecule has 0 saturated carbocycles. The maximum absolute atomic E-state index is 12.1. The highest BCUT2D eigenvalue weighted by Crippen LogP contribution is 2.38. The molecule has 0 radical (unpaired) electrons. The first-order chi connectivity index (χ1) is 9.63. The Morgan fingerprint density at radius 3 is 2.80 bits per heavy atom. The maximum Gasteiger partial charge on any atom is 0.341 e. The van der Waals surface area contributed by atoms with Crippen LogP contribution >= 0.6 is 11.3 Å². The van der Waals surface area contributed by atoms with E-state index in [2.05, 4.69) is 5.32 Å². The lowest BCUT2D eigenvalue weighted by Crippen LogP contribution is -2.13. The summed E-state index contributed by atoms with van der Waals surface area (Å²) < 4.78 is 5.13. The van der Waals surface area contributed by atoms with Crippen LogP contribution in [0.25, 0.3) is 0 Å². The standard InChI is InChI=1S/C14H19NO4S/c1-2-19-14(18)12-9-5-3-4-6-10(9)20-13(12)15-8-7-11(16)17/h15H,2-8H2,1H3,(H,16,17). The van der Waals surface area contributed by atoms with Crippen LogP contribution in [0.1, 0.15) is 47.0 Å². The van der Waals surface area contributed by atoms with Gasteiger partial charge in [0.2, 0.25) is 0 Å². The summed E-state index contributed by atoms with van der Waals surface area (Å²) in [6.07, 6.45) is 4.16. The van der Waals surface area contributed by atoms with E-state index < -0.39 is 5.97 Å². The number of carboxylic acids is 1. The minimum Gasteiger partial charge on any atom is -0.481 e. The molecular formula is C14H19NO4S. The number of esters is 1. The van der Waals surface area contributed by atoms with Crippen molar-refractivity contribution in [3.05, 3.63) is 16.0 Å². The zero-order chi connectivity index (χ0) is 14.5. The van der Waals surface area contributed by atoms with Gasteiger partial charge in [-0.3, -0.25) is 4.79 Å². The molecule has 0 bridgehead atoms.